The van der Waals surface area contributed by atoms with Crippen LogP contribution in [0.5, 0.6) is 0 Å². The van der Waals surface area contributed by atoms with Crippen LogP contribution in [-0.4, -0.2) is 81.6 Å². The molecule has 0 radical (unpaired) electrons. The Labute approximate surface area is 247 Å². The quantitative estimate of drug-likeness (QED) is 0.279. The molecule has 0 saturated carbocycles. The van der Waals surface area contributed by atoms with Crippen molar-refractivity contribution in [2.24, 2.45) is 0 Å². The van der Waals surface area contributed by atoms with Crippen LogP contribution in [0.1, 0.15) is 48.1 Å². The van der Waals surface area contributed by atoms with Crippen molar-refractivity contribution in [3.63, 3.8) is 0 Å². The number of carbonyl (C=O) groups excluding carboxylic acids is 1. The van der Waals surface area contributed by atoms with E-state index >= 15 is 0 Å². The average Bonchev–Trinajstić information content (AvgIpc) is 3.68. The van der Waals surface area contributed by atoms with Crippen LogP contribution in [0, 0.1) is 17.1 Å². The highest BCUT2D eigenvalue weighted by molar-refractivity contribution is 7.17. The van der Waals surface area contributed by atoms with Gasteiger partial charge in [-0.2, -0.15) is 5.26 Å². The Kier molecular flexibility index (Phi) is 8.99. The van der Waals surface area contributed by atoms with E-state index in [2.05, 4.69) is 40.3 Å². The van der Waals surface area contributed by atoms with E-state index in [0.717, 1.165) is 48.8 Å². The molecule has 0 unspecified atom stereocenters. The van der Waals surface area contributed by atoms with Gasteiger partial charge >= 0.3 is 0 Å². The number of nitriles is 1. The number of aliphatic hydroxyl groups excluding tert-OH is 1. The zero-order valence-corrected chi connectivity index (χ0v) is 25.1. The number of likely N-dealkylation sites (tertiary alicyclic amines) is 1. The Bertz CT molecular complexity index is 1550. The van der Waals surface area contributed by atoms with E-state index < -0.39 is 0 Å². The number of aryl methyl sites for hydroxylation is 1. The third-order valence-electron chi connectivity index (χ3n) is 7.57. The maximum Gasteiger partial charge on any atom is 0.236 e. The third kappa shape index (κ3) is 5.99. The van der Waals surface area contributed by atoms with Gasteiger partial charge in [0.05, 0.1) is 18.8 Å². The summed E-state index contributed by atoms with van der Waals surface area (Å²) in [5.74, 6) is 1.07. The Hall–Kier alpha value is -3.37. The molecule has 1 fully saturated rings. The van der Waals surface area contributed by atoms with Crippen LogP contribution < -0.4 is 4.90 Å². The molecule has 0 aliphatic carbocycles. The standard InChI is InChI=1S/C29H34FN7O2S2/c1-4-22-27(36(5-2)29-33-26(23(16-31)40-29)20-6-8-21(30)9-7-20)37-17-24(41-28(37)32-22)19-10-12-35(13-11-19)18-25(39)34(3)14-15-38/h6-9,17,19,38H,4-5,10-15,18H2,1-3H3. The predicted octanol–water partition coefficient (Wildman–Crippen LogP) is 4.88. The maximum absolute atomic E-state index is 13.5. The van der Waals surface area contributed by atoms with Crippen LogP contribution in [0.15, 0.2) is 30.5 Å². The molecule has 1 aliphatic rings. The van der Waals surface area contributed by atoms with E-state index in [4.69, 9.17) is 15.1 Å². The number of amides is 1. The number of likely N-dealkylation sites (N-methyl/N-ethyl adjacent to an activating group) is 1. The first-order chi connectivity index (χ1) is 19.9. The normalized spacial score (nSPS) is 14.4. The number of hydrogen-bond acceptors (Lipinski definition) is 9. The number of piperidine rings is 1. The number of fused-ring (bicyclic) bond motifs is 1. The zero-order valence-electron chi connectivity index (χ0n) is 23.5. The highest BCUT2D eigenvalue weighted by Crippen LogP contribution is 2.40. The molecule has 41 heavy (non-hydrogen) atoms. The number of imidazole rings is 1. The number of aliphatic hydroxyl groups is 1. The molecule has 1 aromatic carbocycles. The van der Waals surface area contributed by atoms with Crippen LogP contribution in [0.4, 0.5) is 15.3 Å². The molecule has 0 bridgehead atoms. The second-order valence-corrected chi connectivity index (χ2v) is 12.2. The lowest BCUT2D eigenvalue weighted by Crippen LogP contribution is -2.42. The van der Waals surface area contributed by atoms with E-state index in [1.165, 1.54) is 28.3 Å². The molecule has 4 heterocycles. The number of aromatic nitrogens is 3. The van der Waals surface area contributed by atoms with Gasteiger partial charge in [-0.3, -0.25) is 14.1 Å². The van der Waals surface area contributed by atoms with Gasteiger partial charge < -0.3 is 14.9 Å². The third-order valence-corrected chi connectivity index (χ3v) is 9.70. The second-order valence-electron chi connectivity index (χ2n) is 10.1. The molecular weight excluding hydrogens is 561 g/mol. The molecule has 216 valence electrons. The lowest BCUT2D eigenvalue weighted by molar-refractivity contribution is -0.131. The Balaban J connectivity index is 1.39. The molecule has 1 N–H and O–H groups in total. The monoisotopic (exact) mass is 595 g/mol. The minimum Gasteiger partial charge on any atom is -0.395 e. The fraction of sp³-hybridized carbons (Fsp3) is 0.448. The lowest BCUT2D eigenvalue weighted by Gasteiger charge is -2.32. The maximum atomic E-state index is 13.5. The summed E-state index contributed by atoms with van der Waals surface area (Å²) in [7, 11) is 1.73. The summed E-state index contributed by atoms with van der Waals surface area (Å²) in [5, 5.41) is 19.7. The minimum absolute atomic E-state index is 0.0286. The number of rotatable bonds is 10. The Morgan fingerprint density at radius 2 is 1.93 bits per heavy atom. The van der Waals surface area contributed by atoms with Crippen molar-refractivity contribution >= 4 is 44.5 Å². The summed E-state index contributed by atoms with van der Waals surface area (Å²) in [4.78, 5) is 30.8. The van der Waals surface area contributed by atoms with E-state index in [1.54, 1.807) is 35.4 Å². The molecular formula is C29H34FN7O2S2. The van der Waals surface area contributed by atoms with Crippen LogP contribution in [-0.2, 0) is 11.2 Å². The molecule has 0 spiro atoms. The SMILES string of the molecule is CCc1nc2sc(C3CCN(CC(=O)N(C)CCO)CC3)cn2c1N(CC)c1nc(-c2ccc(F)cc2)c(C#N)s1. The van der Waals surface area contributed by atoms with Crippen molar-refractivity contribution < 1.29 is 14.3 Å². The number of carbonyl (C=O) groups is 1. The van der Waals surface area contributed by atoms with Crippen LogP contribution in [0.3, 0.4) is 0 Å². The van der Waals surface area contributed by atoms with Crippen LogP contribution in [0.25, 0.3) is 16.2 Å². The van der Waals surface area contributed by atoms with Gasteiger partial charge in [-0.05, 0) is 69.5 Å². The lowest BCUT2D eigenvalue weighted by atomic mass is 9.96. The zero-order chi connectivity index (χ0) is 29.1. The molecule has 0 atom stereocenters. The first-order valence-corrected chi connectivity index (χ1v) is 15.5. The van der Waals surface area contributed by atoms with E-state index in [9.17, 15) is 14.4 Å². The van der Waals surface area contributed by atoms with Gasteiger partial charge in [0.15, 0.2) is 10.1 Å². The van der Waals surface area contributed by atoms with Crippen LogP contribution in [0.2, 0.25) is 0 Å². The predicted molar refractivity (Wildman–Crippen MR) is 160 cm³/mol. The molecule has 9 nitrogen and oxygen atoms in total. The van der Waals surface area contributed by atoms with Gasteiger partial charge in [-0.25, -0.2) is 14.4 Å². The van der Waals surface area contributed by atoms with Gasteiger partial charge in [0.2, 0.25) is 5.91 Å². The van der Waals surface area contributed by atoms with Crippen molar-refractivity contribution in [3.8, 4) is 17.3 Å². The van der Waals surface area contributed by atoms with Crippen molar-refractivity contribution in [1.82, 2.24) is 24.2 Å². The van der Waals surface area contributed by atoms with Crippen LogP contribution >= 0.6 is 22.7 Å². The molecule has 5 rings (SSSR count). The van der Waals surface area contributed by atoms with E-state index in [0.29, 0.717) is 46.8 Å². The van der Waals surface area contributed by atoms with E-state index in [1.807, 2.05) is 0 Å². The largest absolute Gasteiger partial charge is 0.395 e. The first-order valence-electron chi connectivity index (χ1n) is 13.9. The van der Waals surface area contributed by atoms with Gasteiger partial charge in [0.1, 0.15) is 28.3 Å². The van der Waals surface area contributed by atoms with Crippen molar-refractivity contribution in [1.29, 1.82) is 5.26 Å². The molecule has 1 amide bonds. The summed E-state index contributed by atoms with van der Waals surface area (Å²) in [6.45, 7) is 7.19. The number of thiazole rings is 2. The molecule has 12 heteroatoms. The number of nitrogens with zero attached hydrogens (tertiary/aromatic N) is 7. The average molecular weight is 596 g/mol. The summed E-state index contributed by atoms with van der Waals surface area (Å²) in [6.07, 6.45) is 4.89. The number of anilines is 2. The van der Waals surface area contributed by atoms with Gasteiger partial charge in [0, 0.05) is 36.8 Å². The topological polar surface area (TPSA) is 101 Å². The molecule has 1 aliphatic heterocycles. The highest BCUT2D eigenvalue weighted by Gasteiger charge is 2.28. The van der Waals surface area contributed by atoms with Crippen molar-refractivity contribution in [2.75, 3.05) is 51.3 Å². The van der Waals surface area contributed by atoms with Gasteiger partial charge in [0.25, 0.3) is 0 Å². The van der Waals surface area contributed by atoms with E-state index in [-0.39, 0.29) is 18.3 Å². The van der Waals surface area contributed by atoms with Crippen molar-refractivity contribution in [2.45, 2.75) is 39.0 Å². The smallest absolute Gasteiger partial charge is 0.236 e. The summed E-state index contributed by atoms with van der Waals surface area (Å²) in [6, 6.07) is 8.34. The first kappa shape index (κ1) is 29.1. The minimum atomic E-state index is -0.329. The Morgan fingerprint density at radius 3 is 2.56 bits per heavy atom. The summed E-state index contributed by atoms with van der Waals surface area (Å²) in [5.41, 5.74) is 2.24. The van der Waals surface area contributed by atoms with Gasteiger partial charge in [-0.15, -0.1) is 11.3 Å². The number of halogens is 1. The fourth-order valence-corrected chi connectivity index (χ4v) is 7.37. The molecule has 4 aromatic rings. The summed E-state index contributed by atoms with van der Waals surface area (Å²) >= 11 is 3.05. The number of hydrogen-bond donors (Lipinski definition) is 1. The highest BCUT2D eigenvalue weighted by atomic mass is 32.1. The van der Waals surface area contributed by atoms with Crippen molar-refractivity contribution in [3.05, 3.63) is 51.7 Å². The molecule has 1 saturated heterocycles. The van der Waals surface area contributed by atoms with Gasteiger partial charge in [-0.1, -0.05) is 18.3 Å². The molecule has 3 aromatic heterocycles. The number of benzene rings is 1. The fourth-order valence-electron chi connectivity index (χ4n) is 5.25. The Morgan fingerprint density at radius 1 is 1.20 bits per heavy atom. The summed E-state index contributed by atoms with van der Waals surface area (Å²) < 4.78 is 15.7. The second kappa shape index (κ2) is 12.7.